The van der Waals surface area contributed by atoms with Crippen molar-refractivity contribution in [2.45, 2.75) is 25.3 Å². The number of hydrogen-bond donors (Lipinski definition) is 1. The third-order valence-electron chi connectivity index (χ3n) is 4.17. The van der Waals surface area contributed by atoms with Crippen LogP contribution in [0.2, 0.25) is 5.02 Å². The molecule has 4 atom stereocenters. The molecule has 3 heteroatoms. The van der Waals surface area contributed by atoms with Crippen molar-refractivity contribution in [1.29, 1.82) is 0 Å². The third kappa shape index (κ3) is 2.47. The summed E-state index contributed by atoms with van der Waals surface area (Å²) in [5.41, 5.74) is 2.42. The molecule has 1 fully saturated rings. The van der Waals surface area contributed by atoms with E-state index in [-0.39, 0.29) is 12.3 Å². The predicted octanol–water partition coefficient (Wildman–Crippen LogP) is 3.01. The summed E-state index contributed by atoms with van der Waals surface area (Å²) < 4.78 is 6.32. The van der Waals surface area contributed by atoms with Gasteiger partial charge in [-0.1, -0.05) is 41.9 Å². The molecule has 104 valence electrons. The highest BCUT2D eigenvalue weighted by atomic mass is 35.5. The topological polar surface area (TPSA) is 13.7 Å². The van der Waals surface area contributed by atoms with Crippen LogP contribution in [0.3, 0.4) is 0 Å². The van der Waals surface area contributed by atoms with Gasteiger partial charge in [-0.15, -0.1) is 0 Å². The van der Waals surface area contributed by atoms with Crippen molar-refractivity contribution < 1.29 is 9.64 Å². The highest BCUT2D eigenvalue weighted by molar-refractivity contribution is 6.30. The van der Waals surface area contributed by atoms with Crippen molar-refractivity contribution in [2.24, 2.45) is 0 Å². The van der Waals surface area contributed by atoms with Gasteiger partial charge < -0.3 is 9.64 Å². The van der Waals surface area contributed by atoms with Gasteiger partial charge in [-0.3, -0.25) is 0 Å². The van der Waals surface area contributed by atoms with Crippen LogP contribution in [0.1, 0.15) is 30.4 Å². The highest BCUT2D eigenvalue weighted by Gasteiger charge is 2.42. The number of hydrogen-bond acceptors (Lipinski definition) is 1. The Morgan fingerprint density at radius 2 is 1.60 bits per heavy atom. The van der Waals surface area contributed by atoms with E-state index in [1.807, 2.05) is 18.2 Å². The Labute approximate surface area is 124 Å². The molecule has 1 saturated heterocycles. The lowest BCUT2D eigenvalue weighted by atomic mass is 10.0. The van der Waals surface area contributed by atoms with Crippen molar-refractivity contribution in [3.63, 3.8) is 0 Å². The zero-order valence-electron chi connectivity index (χ0n) is 11.7. The first kappa shape index (κ1) is 13.6. The summed E-state index contributed by atoms with van der Waals surface area (Å²) in [7, 11) is 2.19. The predicted molar refractivity (Wildman–Crippen MR) is 80.8 cm³/mol. The van der Waals surface area contributed by atoms with Crippen LogP contribution < -0.4 is 4.90 Å². The lowest BCUT2D eigenvalue weighted by Gasteiger charge is -2.18. The average molecular weight is 289 g/mol. The highest BCUT2D eigenvalue weighted by Crippen LogP contribution is 2.31. The maximum absolute atomic E-state index is 6.32. The number of benzene rings is 2. The molecule has 2 nitrogen and oxygen atoms in total. The van der Waals surface area contributed by atoms with Gasteiger partial charge >= 0.3 is 0 Å². The summed E-state index contributed by atoms with van der Waals surface area (Å²) in [6, 6.07) is 18.8. The molecule has 2 aromatic carbocycles. The molecule has 3 rings (SSSR count). The molecule has 1 heterocycles. The maximum atomic E-state index is 6.32. The minimum atomic E-state index is 0.0625. The summed E-state index contributed by atoms with van der Waals surface area (Å²) in [4.78, 5) is 1.38. The van der Waals surface area contributed by atoms with Crippen LogP contribution in [-0.2, 0) is 4.74 Å². The summed E-state index contributed by atoms with van der Waals surface area (Å²) in [5, 5.41) is 0.761. The Bertz CT molecular complexity index is 569. The van der Waals surface area contributed by atoms with Gasteiger partial charge in [-0.25, -0.2) is 0 Å². The van der Waals surface area contributed by atoms with Crippen molar-refractivity contribution in [1.82, 2.24) is 0 Å². The van der Waals surface area contributed by atoms with E-state index in [0.29, 0.717) is 6.04 Å². The number of rotatable bonds is 2. The standard InChI is InChI=1S/C17H18ClNO/c1-12-16(13-6-4-3-5-7-13)20-17(19(12)2)14-8-10-15(18)11-9-14/h3-12,16-17H,1-2H3/p+1/t12-,16-,17-/m1/s1. The largest absolute Gasteiger partial charge is 0.311 e. The normalized spacial score (nSPS) is 29.6. The van der Waals surface area contributed by atoms with Gasteiger partial charge in [0.25, 0.3) is 0 Å². The van der Waals surface area contributed by atoms with Crippen molar-refractivity contribution >= 4 is 11.6 Å². The van der Waals surface area contributed by atoms with E-state index in [1.165, 1.54) is 16.0 Å². The van der Waals surface area contributed by atoms with Gasteiger partial charge in [0.15, 0.2) is 0 Å². The van der Waals surface area contributed by atoms with E-state index in [0.717, 1.165) is 5.02 Å². The van der Waals surface area contributed by atoms with Crippen LogP contribution in [0.15, 0.2) is 54.6 Å². The number of quaternary nitrogens is 1. The molecular weight excluding hydrogens is 270 g/mol. The fraction of sp³-hybridized carbons (Fsp3) is 0.294. The second-order valence-electron chi connectivity index (χ2n) is 5.43. The number of likely N-dealkylation sites (N-methyl/N-ethyl adjacent to an activating group) is 1. The quantitative estimate of drug-likeness (QED) is 0.897. The third-order valence-corrected chi connectivity index (χ3v) is 4.42. The smallest absolute Gasteiger partial charge is 0.219 e. The molecule has 2 aromatic rings. The van der Waals surface area contributed by atoms with Crippen LogP contribution >= 0.6 is 11.6 Å². The van der Waals surface area contributed by atoms with Crippen LogP contribution in [0.4, 0.5) is 0 Å². The van der Waals surface area contributed by atoms with Gasteiger partial charge in [0.1, 0.15) is 12.1 Å². The van der Waals surface area contributed by atoms with E-state index in [2.05, 4.69) is 50.4 Å². The van der Waals surface area contributed by atoms with E-state index in [1.54, 1.807) is 0 Å². The summed E-state index contributed by atoms with van der Waals surface area (Å²) in [6.45, 7) is 2.24. The zero-order chi connectivity index (χ0) is 14.1. The van der Waals surface area contributed by atoms with Crippen LogP contribution in [0.5, 0.6) is 0 Å². The lowest BCUT2D eigenvalue weighted by molar-refractivity contribution is -0.933. The van der Waals surface area contributed by atoms with E-state index in [4.69, 9.17) is 16.3 Å². The van der Waals surface area contributed by atoms with E-state index in [9.17, 15) is 0 Å². The van der Waals surface area contributed by atoms with Gasteiger partial charge in [0.2, 0.25) is 6.23 Å². The Kier molecular flexibility index (Phi) is 3.79. The Morgan fingerprint density at radius 3 is 2.25 bits per heavy atom. The lowest BCUT2D eigenvalue weighted by Crippen LogP contribution is -3.10. The second kappa shape index (κ2) is 5.57. The second-order valence-corrected chi connectivity index (χ2v) is 5.87. The van der Waals surface area contributed by atoms with Crippen molar-refractivity contribution in [3.05, 3.63) is 70.7 Å². The molecule has 1 unspecified atom stereocenters. The fourth-order valence-electron chi connectivity index (χ4n) is 2.84. The molecular formula is C17H19ClNO+. The van der Waals surface area contributed by atoms with Gasteiger partial charge in [0.05, 0.1) is 7.05 Å². The average Bonchev–Trinajstić information content (AvgIpc) is 2.77. The maximum Gasteiger partial charge on any atom is 0.219 e. The van der Waals surface area contributed by atoms with Gasteiger partial charge in [-0.2, -0.15) is 0 Å². The zero-order valence-corrected chi connectivity index (χ0v) is 12.5. The molecule has 0 spiro atoms. The molecule has 0 aliphatic carbocycles. The molecule has 1 aliphatic rings. The number of halogens is 1. The SMILES string of the molecule is C[C@@H]1[C@H](c2ccccc2)O[C@H](c2ccc(Cl)cc2)[NH+]1C. The summed E-state index contributed by atoms with van der Waals surface area (Å²) >= 11 is 5.96. The van der Waals surface area contributed by atoms with E-state index >= 15 is 0 Å². The van der Waals surface area contributed by atoms with Crippen LogP contribution in [-0.4, -0.2) is 13.1 Å². The summed E-state index contributed by atoms with van der Waals surface area (Å²) in [5.74, 6) is 0. The Morgan fingerprint density at radius 1 is 0.950 bits per heavy atom. The molecule has 0 radical (unpaired) electrons. The number of ether oxygens (including phenoxy) is 1. The fourth-order valence-corrected chi connectivity index (χ4v) is 2.96. The van der Waals surface area contributed by atoms with Crippen molar-refractivity contribution in [3.8, 4) is 0 Å². The molecule has 20 heavy (non-hydrogen) atoms. The molecule has 0 amide bonds. The molecule has 1 aliphatic heterocycles. The van der Waals surface area contributed by atoms with E-state index < -0.39 is 0 Å². The first-order valence-electron chi connectivity index (χ1n) is 6.96. The summed E-state index contributed by atoms with van der Waals surface area (Å²) in [6.07, 6.45) is 0.198. The van der Waals surface area contributed by atoms with Gasteiger partial charge in [-0.05, 0) is 36.8 Å². The van der Waals surface area contributed by atoms with Crippen LogP contribution in [0, 0.1) is 0 Å². The first-order chi connectivity index (χ1) is 9.66. The molecule has 0 saturated carbocycles. The van der Waals surface area contributed by atoms with Crippen LogP contribution in [0.25, 0.3) is 0 Å². The number of nitrogens with one attached hydrogen (secondary N) is 1. The van der Waals surface area contributed by atoms with Crippen molar-refractivity contribution in [2.75, 3.05) is 7.05 Å². The molecule has 1 N–H and O–H groups in total. The molecule has 0 aromatic heterocycles. The Balaban J connectivity index is 1.87. The Hall–Kier alpha value is -1.35. The minimum Gasteiger partial charge on any atom is -0.311 e. The first-order valence-corrected chi connectivity index (χ1v) is 7.34. The monoisotopic (exact) mass is 288 g/mol. The van der Waals surface area contributed by atoms with Gasteiger partial charge in [0, 0.05) is 10.6 Å². The minimum absolute atomic E-state index is 0.0625. The molecule has 0 bridgehead atoms.